The fourth-order valence-electron chi connectivity index (χ4n) is 4.06. The predicted molar refractivity (Wildman–Crippen MR) is 108 cm³/mol. The molecular weight excluding hydrogens is 371 g/mol. The third kappa shape index (κ3) is 3.90. The molecule has 2 aromatic rings. The Hall–Kier alpha value is -2.73. The zero-order valence-electron chi connectivity index (χ0n) is 16.6. The van der Waals surface area contributed by atoms with Crippen LogP contribution >= 0.6 is 0 Å². The van der Waals surface area contributed by atoms with Gasteiger partial charge in [-0.3, -0.25) is 14.5 Å². The van der Waals surface area contributed by atoms with E-state index in [-0.39, 0.29) is 17.5 Å². The highest BCUT2D eigenvalue weighted by atomic mass is 19.1. The highest BCUT2D eigenvalue weighted by molar-refractivity contribution is 5.97. The van der Waals surface area contributed by atoms with Gasteiger partial charge in [-0.2, -0.15) is 0 Å². The maximum atomic E-state index is 14.2. The number of hydrogen-bond donors (Lipinski definition) is 0. The number of hydrogen-bond acceptors (Lipinski definition) is 4. The Morgan fingerprint density at radius 2 is 1.66 bits per heavy atom. The van der Waals surface area contributed by atoms with Crippen LogP contribution in [0.1, 0.15) is 28.8 Å². The van der Waals surface area contributed by atoms with Gasteiger partial charge in [0.25, 0.3) is 0 Å². The van der Waals surface area contributed by atoms with Crippen molar-refractivity contribution in [2.45, 2.75) is 18.3 Å². The summed E-state index contributed by atoms with van der Waals surface area (Å²) < 4.78 is 19.4. The highest BCUT2D eigenvalue weighted by Crippen LogP contribution is 2.50. The smallest absolute Gasteiger partial charge is 0.233 e. The summed E-state index contributed by atoms with van der Waals surface area (Å²) in [6.07, 6.45) is 1.39. The third-order valence-corrected chi connectivity index (χ3v) is 5.99. The molecule has 2 fully saturated rings. The van der Waals surface area contributed by atoms with Crippen molar-refractivity contribution in [3.05, 3.63) is 65.5 Å². The number of methoxy groups -OCH3 is 1. The Labute approximate surface area is 170 Å². The van der Waals surface area contributed by atoms with Crippen molar-refractivity contribution in [2.75, 3.05) is 39.8 Å². The number of rotatable bonds is 6. The summed E-state index contributed by atoms with van der Waals surface area (Å²) in [4.78, 5) is 29.5. The molecule has 29 heavy (non-hydrogen) atoms. The maximum Gasteiger partial charge on any atom is 0.233 e. The lowest BCUT2D eigenvalue weighted by atomic mass is 9.93. The number of ketones is 1. The number of Topliss-reactive ketones (excluding diaryl/α,β-unsaturated/α-hetero) is 1. The molecule has 1 heterocycles. The van der Waals surface area contributed by atoms with Gasteiger partial charge in [-0.25, -0.2) is 4.39 Å². The van der Waals surface area contributed by atoms with Gasteiger partial charge in [0, 0.05) is 37.3 Å². The third-order valence-electron chi connectivity index (χ3n) is 5.99. The number of carbonyl (C=O) groups excluding carboxylic acids is 2. The van der Waals surface area contributed by atoms with E-state index in [2.05, 4.69) is 4.90 Å². The molecule has 2 aliphatic rings. The van der Waals surface area contributed by atoms with Gasteiger partial charge >= 0.3 is 0 Å². The van der Waals surface area contributed by atoms with Crippen molar-refractivity contribution in [3.63, 3.8) is 0 Å². The molecule has 6 heteroatoms. The molecular formula is C23H25FN2O3. The molecule has 4 rings (SSSR count). The number of nitrogens with zero attached hydrogens (tertiary/aromatic N) is 2. The Balaban J connectivity index is 1.34. The summed E-state index contributed by atoms with van der Waals surface area (Å²) in [5, 5.41) is 0. The van der Waals surface area contributed by atoms with Crippen LogP contribution in [0.2, 0.25) is 0 Å². The second-order valence-corrected chi connectivity index (χ2v) is 7.78. The molecule has 0 atom stereocenters. The van der Waals surface area contributed by atoms with Crippen LogP contribution in [0.4, 0.5) is 4.39 Å². The van der Waals surface area contributed by atoms with E-state index in [1.807, 2.05) is 4.90 Å². The van der Waals surface area contributed by atoms with Crippen LogP contribution in [0.5, 0.6) is 5.75 Å². The average molecular weight is 396 g/mol. The van der Waals surface area contributed by atoms with Gasteiger partial charge in [0.2, 0.25) is 5.91 Å². The SMILES string of the molecule is COc1ccc(C(=O)CN2CCN(C(=O)C3(c4ccccc4F)CC3)CC2)cc1. The Kier molecular flexibility index (Phi) is 5.37. The van der Waals surface area contributed by atoms with E-state index < -0.39 is 5.41 Å². The first-order valence-corrected chi connectivity index (χ1v) is 9.97. The number of halogens is 1. The van der Waals surface area contributed by atoms with Gasteiger partial charge in [0.1, 0.15) is 11.6 Å². The molecule has 1 saturated carbocycles. The fourth-order valence-corrected chi connectivity index (χ4v) is 4.06. The molecule has 5 nitrogen and oxygen atoms in total. The lowest BCUT2D eigenvalue weighted by Gasteiger charge is -2.36. The number of piperazine rings is 1. The molecule has 2 aromatic carbocycles. The molecule has 1 aliphatic heterocycles. The zero-order valence-corrected chi connectivity index (χ0v) is 16.6. The molecule has 0 N–H and O–H groups in total. The Morgan fingerprint density at radius 1 is 1.00 bits per heavy atom. The number of ether oxygens (including phenoxy) is 1. The quantitative estimate of drug-likeness (QED) is 0.705. The monoisotopic (exact) mass is 396 g/mol. The summed E-state index contributed by atoms with van der Waals surface area (Å²) in [5.41, 5.74) is 0.481. The largest absolute Gasteiger partial charge is 0.497 e. The van der Waals surface area contributed by atoms with Crippen molar-refractivity contribution in [3.8, 4) is 5.75 Å². The van der Waals surface area contributed by atoms with Gasteiger partial charge in [-0.05, 0) is 43.2 Å². The van der Waals surface area contributed by atoms with Gasteiger partial charge in [-0.15, -0.1) is 0 Å². The van der Waals surface area contributed by atoms with Gasteiger partial charge in [-0.1, -0.05) is 18.2 Å². The van der Waals surface area contributed by atoms with Gasteiger partial charge in [0.05, 0.1) is 19.1 Å². The van der Waals surface area contributed by atoms with E-state index >= 15 is 0 Å². The van der Waals surface area contributed by atoms with E-state index in [0.717, 1.165) is 5.75 Å². The van der Waals surface area contributed by atoms with E-state index in [0.29, 0.717) is 56.7 Å². The summed E-state index contributed by atoms with van der Waals surface area (Å²) in [7, 11) is 1.59. The van der Waals surface area contributed by atoms with Crippen LogP contribution in [-0.4, -0.2) is 61.3 Å². The molecule has 1 saturated heterocycles. The topological polar surface area (TPSA) is 49.9 Å². The van der Waals surface area contributed by atoms with E-state index in [1.54, 1.807) is 49.6 Å². The summed E-state index contributed by atoms with van der Waals surface area (Å²) in [6.45, 7) is 2.73. The first kappa shape index (κ1) is 19.6. The second kappa shape index (κ2) is 7.95. The molecule has 1 amide bonds. The minimum Gasteiger partial charge on any atom is -0.497 e. The number of amides is 1. The second-order valence-electron chi connectivity index (χ2n) is 7.78. The predicted octanol–water partition coefficient (Wildman–Crippen LogP) is 2.89. The molecule has 152 valence electrons. The lowest BCUT2D eigenvalue weighted by Crippen LogP contribution is -2.52. The minimum absolute atomic E-state index is 0.0173. The Bertz CT molecular complexity index is 901. The number of benzene rings is 2. The van der Waals surface area contributed by atoms with E-state index in [9.17, 15) is 14.0 Å². The van der Waals surface area contributed by atoms with Gasteiger partial charge in [0.15, 0.2) is 5.78 Å². The normalized spacial score (nSPS) is 18.3. The van der Waals surface area contributed by atoms with Gasteiger partial charge < -0.3 is 9.64 Å². The van der Waals surface area contributed by atoms with Crippen LogP contribution in [0.25, 0.3) is 0 Å². The molecule has 0 aromatic heterocycles. The first-order valence-electron chi connectivity index (χ1n) is 9.97. The van der Waals surface area contributed by atoms with Crippen LogP contribution < -0.4 is 4.74 Å². The molecule has 0 spiro atoms. The van der Waals surface area contributed by atoms with Crippen LogP contribution in [0, 0.1) is 5.82 Å². The molecule has 0 bridgehead atoms. The van der Waals surface area contributed by atoms with E-state index in [4.69, 9.17) is 4.74 Å². The van der Waals surface area contributed by atoms with Crippen molar-refractivity contribution in [2.24, 2.45) is 0 Å². The maximum absolute atomic E-state index is 14.2. The standard InChI is InChI=1S/C23H25FN2O3/c1-29-18-8-6-17(7-9-18)21(27)16-25-12-14-26(15-13-25)22(28)23(10-11-23)19-4-2-3-5-20(19)24/h2-9H,10-16H2,1H3. The van der Waals surface area contributed by atoms with Crippen LogP contribution in [0.3, 0.4) is 0 Å². The van der Waals surface area contributed by atoms with Crippen LogP contribution in [0.15, 0.2) is 48.5 Å². The average Bonchev–Trinajstić information content (AvgIpc) is 3.56. The lowest BCUT2D eigenvalue weighted by molar-refractivity contribution is -0.135. The molecule has 1 aliphatic carbocycles. The van der Waals surface area contributed by atoms with E-state index in [1.165, 1.54) is 6.07 Å². The molecule has 0 unspecified atom stereocenters. The Morgan fingerprint density at radius 3 is 2.24 bits per heavy atom. The van der Waals surface area contributed by atoms with Crippen molar-refractivity contribution >= 4 is 11.7 Å². The summed E-state index contributed by atoms with van der Waals surface area (Å²) >= 11 is 0. The molecule has 0 radical (unpaired) electrons. The fraction of sp³-hybridized carbons (Fsp3) is 0.391. The van der Waals surface area contributed by atoms with Crippen molar-refractivity contribution in [1.29, 1.82) is 0 Å². The highest BCUT2D eigenvalue weighted by Gasteiger charge is 2.54. The minimum atomic E-state index is -0.688. The van der Waals surface area contributed by atoms with Crippen molar-refractivity contribution < 1.29 is 18.7 Å². The number of carbonyl (C=O) groups is 2. The van der Waals surface area contributed by atoms with Crippen molar-refractivity contribution in [1.82, 2.24) is 9.80 Å². The summed E-state index contributed by atoms with van der Waals surface area (Å²) in [6, 6.07) is 13.7. The van der Waals surface area contributed by atoms with Crippen LogP contribution in [-0.2, 0) is 10.2 Å². The zero-order chi connectivity index (χ0) is 20.4. The first-order chi connectivity index (χ1) is 14.0. The summed E-state index contributed by atoms with van der Waals surface area (Å²) in [5.74, 6) is 0.487.